The fraction of sp³-hybridized carbons (Fsp3) is 0.467. The van der Waals surface area contributed by atoms with Gasteiger partial charge in [-0.1, -0.05) is 6.92 Å². The van der Waals surface area contributed by atoms with Gasteiger partial charge in [-0.15, -0.1) is 0 Å². The molecule has 0 amide bonds. The summed E-state index contributed by atoms with van der Waals surface area (Å²) in [5, 5.41) is 9.48. The van der Waals surface area contributed by atoms with E-state index in [4.69, 9.17) is 14.6 Å². The Morgan fingerprint density at radius 2 is 1.95 bits per heavy atom. The summed E-state index contributed by atoms with van der Waals surface area (Å²) in [5.74, 6) is 1.58. The van der Waals surface area contributed by atoms with Gasteiger partial charge in [0.1, 0.15) is 5.82 Å². The van der Waals surface area contributed by atoms with Gasteiger partial charge in [-0.3, -0.25) is 9.69 Å². The Kier molecular flexibility index (Phi) is 5.35. The fourth-order valence-electron chi connectivity index (χ4n) is 2.29. The lowest BCUT2D eigenvalue weighted by Crippen LogP contribution is -2.28. The molecule has 0 fully saturated rings. The highest BCUT2D eigenvalue weighted by Gasteiger charge is 2.12. The fourth-order valence-corrected chi connectivity index (χ4v) is 2.29. The third kappa shape index (κ3) is 3.37. The molecule has 0 bridgehead atoms. The van der Waals surface area contributed by atoms with Crippen LogP contribution in [0.1, 0.15) is 12.7 Å². The second kappa shape index (κ2) is 7.24. The summed E-state index contributed by atoms with van der Waals surface area (Å²) in [5.41, 5.74) is 0.331. The highest BCUT2D eigenvalue weighted by molar-refractivity contribution is 5.81. The number of nitrogens with zero attached hydrogens (tertiary/aromatic N) is 2. The van der Waals surface area contributed by atoms with Crippen molar-refractivity contribution in [3.8, 4) is 11.5 Å². The van der Waals surface area contributed by atoms with E-state index in [2.05, 4.69) is 9.97 Å². The van der Waals surface area contributed by atoms with E-state index in [0.717, 1.165) is 6.54 Å². The highest BCUT2D eigenvalue weighted by Crippen LogP contribution is 2.29. The van der Waals surface area contributed by atoms with Crippen LogP contribution in [0.2, 0.25) is 0 Å². The number of methoxy groups -OCH3 is 2. The minimum absolute atomic E-state index is 0.0661. The number of benzene rings is 1. The van der Waals surface area contributed by atoms with Gasteiger partial charge in [-0.2, -0.15) is 0 Å². The summed E-state index contributed by atoms with van der Waals surface area (Å²) < 4.78 is 10.4. The van der Waals surface area contributed by atoms with Gasteiger partial charge in [-0.25, -0.2) is 4.98 Å². The van der Waals surface area contributed by atoms with Crippen LogP contribution in [0.25, 0.3) is 10.9 Å². The van der Waals surface area contributed by atoms with Crippen LogP contribution in [0.5, 0.6) is 11.5 Å². The molecule has 1 aromatic heterocycles. The number of aliphatic hydroxyl groups is 1. The lowest BCUT2D eigenvalue weighted by Gasteiger charge is -2.18. The predicted octanol–water partition coefficient (Wildman–Crippen LogP) is 0.754. The summed E-state index contributed by atoms with van der Waals surface area (Å²) in [6.45, 7) is 3.81. The minimum Gasteiger partial charge on any atom is -0.493 e. The Labute approximate surface area is 128 Å². The Morgan fingerprint density at radius 3 is 2.55 bits per heavy atom. The first-order chi connectivity index (χ1) is 10.6. The second-order valence-corrected chi connectivity index (χ2v) is 4.83. The maximum atomic E-state index is 12.2. The van der Waals surface area contributed by atoms with E-state index in [0.29, 0.717) is 41.3 Å². The van der Waals surface area contributed by atoms with E-state index in [-0.39, 0.29) is 12.2 Å². The lowest BCUT2D eigenvalue weighted by atomic mass is 10.2. The van der Waals surface area contributed by atoms with Crippen molar-refractivity contribution in [2.75, 3.05) is 33.9 Å². The molecule has 7 heteroatoms. The van der Waals surface area contributed by atoms with Crippen LogP contribution >= 0.6 is 0 Å². The first-order valence-corrected chi connectivity index (χ1v) is 7.11. The number of aromatic amines is 1. The van der Waals surface area contributed by atoms with E-state index < -0.39 is 0 Å². The SMILES string of the molecule is CCN(CCO)Cc1nc2cc(OC)c(OC)cc2c(=O)[nH]1. The molecule has 0 unspecified atom stereocenters. The van der Waals surface area contributed by atoms with Gasteiger partial charge in [0.2, 0.25) is 0 Å². The monoisotopic (exact) mass is 307 g/mol. The molecule has 0 saturated carbocycles. The van der Waals surface area contributed by atoms with Crippen molar-refractivity contribution >= 4 is 10.9 Å². The van der Waals surface area contributed by atoms with Crippen molar-refractivity contribution in [2.24, 2.45) is 0 Å². The maximum Gasteiger partial charge on any atom is 0.258 e. The van der Waals surface area contributed by atoms with Crippen LogP contribution in [0.3, 0.4) is 0 Å². The molecule has 0 aliphatic carbocycles. The molecule has 7 nitrogen and oxygen atoms in total. The Balaban J connectivity index is 2.45. The van der Waals surface area contributed by atoms with Crippen molar-refractivity contribution in [2.45, 2.75) is 13.5 Å². The van der Waals surface area contributed by atoms with Crippen LogP contribution in [0.4, 0.5) is 0 Å². The molecule has 0 saturated heterocycles. The molecule has 0 aliphatic heterocycles. The van der Waals surface area contributed by atoms with E-state index in [1.165, 1.54) is 14.2 Å². The predicted molar refractivity (Wildman–Crippen MR) is 83.5 cm³/mol. The Morgan fingerprint density at radius 1 is 1.27 bits per heavy atom. The zero-order valence-electron chi connectivity index (χ0n) is 13.0. The minimum atomic E-state index is -0.221. The Bertz CT molecular complexity index is 699. The van der Waals surface area contributed by atoms with Gasteiger partial charge in [0.05, 0.1) is 38.3 Å². The van der Waals surface area contributed by atoms with E-state index in [1.807, 2.05) is 11.8 Å². The molecule has 0 radical (unpaired) electrons. The van der Waals surface area contributed by atoms with Gasteiger partial charge in [0.15, 0.2) is 11.5 Å². The molecule has 1 heterocycles. The molecule has 22 heavy (non-hydrogen) atoms. The number of rotatable bonds is 7. The van der Waals surface area contributed by atoms with Gasteiger partial charge >= 0.3 is 0 Å². The number of fused-ring (bicyclic) bond motifs is 1. The molecule has 2 aromatic rings. The molecule has 2 N–H and O–H groups in total. The van der Waals surface area contributed by atoms with Gasteiger partial charge in [0, 0.05) is 12.6 Å². The van der Waals surface area contributed by atoms with Crippen LogP contribution in [0.15, 0.2) is 16.9 Å². The highest BCUT2D eigenvalue weighted by atomic mass is 16.5. The normalized spacial score (nSPS) is 11.1. The van der Waals surface area contributed by atoms with Crippen LogP contribution < -0.4 is 15.0 Å². The number of hydrogen-bond donors (Lipinski definition) is 2. The van der Waals surface area contributed by atoms with Gasteiger partial charge in [-0.05, 0) is 12.6 Å². The summed E-state index contributed by atoms with van der Waals surface area (Å²) in [6.07, 6.45) is 0. The number of H-pyrrole nitrogens is 1. The quantitative estimate of drug-likeness (QED) is 0.785. The summed E-state index contributed by atoms with van der Waals surface area (Å²) in [7, 11) is 3.06. The van der Waals surface area contributed by atoms with Gasteiger partial charge in [0.25, 0.3) is 5.56 Å². The molecule has 120 valence electrons. The summed E-state index contributed by atoms with van der Waals surface area (Å²) >= 11 is 0. The molecule has 0 aliphatic rings. The molecule has 2 rings (SSSR count). The Hall–Kier alpha value is -2.12. The first-order valence-electron chi connectivity index (χ1n) is 7.11. The average Bonchev–Trinajstić information content (AvgIpc) is 2.53. The molecule has 0 spiro atoms. The molecule has 1 aromatic carbocycles. The summed E-state index contributed by atoms with van der Waals surface area (Å²) in [4.78, 5) is 21.5. The average molecular weight is 307 g/mol. The van der Waals surface area contributed by atoms with Crippen LogP contribution in [-0.4, -0.2) is 53.9 Å². The largest absolute Gasteiger partial charge is 0.493 e. The van der Waals surface area contributed by atoms with Crippen molar-refractivity contribution < 1.29 is 14.6 Å². The first kappa shape index (κ1) is 16.3. The number of ether oxygens (including phenoxy) is 2. The van der Waals surface area contributed by atoms with Crippen molar-refractivity contribution in [3.05, 3.63) is 28.3 Å². The number of nitrogens with one attached hydrogen (secondary N) is 1. The van der Waals surface area contributed by atoms with Crippen LogP contribution in [-0.2, 0) is 6.54 Å². The molecule has 0 atom stereocenters. The summed E-state index contributed by atoms with van der Waals surface area (Å²) in [6, 6.07) is 3.31. The number of aromatic nitrogens is 2. The number of likely N-dealkylation sites (N-methyl/N-ethyl adjacent to an activating group) is 1. The number of hydrogen-bond acceptors (Lipinski definition) is 6. The molecular formula is C15H21N3O4. The van der Waals surface area contributed by atoms with E-state index in [9.17, 15) is 4.79 Å². The topological polar surface area (TPSA) is 87.7 Å². The third-order valence-electron chi connectivity index (χ3n) is 3.50. The smallest absolute Gasteiger partial charge is 0.258 e. The lowest BCUT2D eigenvalue weighted by molar-refractivity contribution is 0.194. The van der Waals surface area contributed by atoms with Crippen molar-refractivity contribution in [3.63, 3.8) is 0 Å². The second-order valence-electron chi connectivity index (χ2n) is 4.83. The number of aliphatic hydroxyl groups excluding tert-OH is 1. The van der Waals surface area contributed by atoms with Crippen LogP contribution in [0, 0.1) is 0 Å². The van der Waals surface area contributed by atoms with Crippen molar-refractivity contribution in [1.29, 1.82) is 0 Å². The van der Waals surface area contributed by atoms with Gasteiger partial charge < -0.3 is 19.6 Å². The van der Waals surface area contributed by atoms with E-state index >= 15 is 0 Å². The molecular weight excluding hydrogens is 286 g/mol. The van der Waals surface area contributed by atoms with E-state index in [1.54, 1.807) is 12.1 Å². The zero-order valence-corrected chi connectivity index (χ0v) is 13.0. The zero-order chi connectivity index (χ0) is 16.1. The van der Waals surface area contributed by atoms with Crippen molar-refractivity contribution in [1.82, 2.24) is 14.9 Å². The standard InChI is InChI=1S/C15H21N3O4/c1-4-18(5-6-19)9-14-16-11-8-13(22-3)12(21-2)7-10(11)15(20)17-14/h7-8,19H,4-6,9H2,1-3H3,(H,16,17,20). The maximum absolute atomic E-state index is 12.2. The third-order valence-corrected chi connectivity index (χ3v) is 3.50.